The molecule has 1 saturated heterocycles. The quantitative estimate of drug-likeness (QED) is 0.824. The summed E-state index contributed by atoms with van der Waals surface area (Å²) >= 11 is 0.714. The monoisotopic (exact) mass is 358 g/mol. The number of nitrogens with one attached hydrogen (secondary N) is 1. The number of hydrogen-bond donors (Lipinski definition) is 2. The highest BCUT2D eigenvalue weighted by Gasteiger charge is 2.31. The molecule has 25 heavy (non-hydrogen) atoms. The molecule has 3 rings (SSSR count). The summed E-state index contributed by atoms with van der Waals surface area (Å²) in [6, 6.07) is 10.5. The summed E-state index contributed by atoms with van der Waals surface area (Å²) in [7, 11) is 0. The van der Waals surface area contributed by atoms with Crippen LogP contribution < -0.4 is 10.1 Å². The Kier molecular flexibility index (Phi) is 5.35. The van der Waals surface area contributed by atoms with Gasteiger partial charge in [-0.2, -0.15) is 0 Å². The average molecular weight is 358 g/mol. The molecule has 1 aliphatic heterocycles. The fourth-order valence-electron chi connectivity index (χ4n) is 2.49. The number of ether oxygens (including phenoxy) is 1. The molecule has 7 heteroatoms. The number of hydrogen-bond acceptors (Lipinski definition) is 6. The standard InChI is InChI=1S/C18H18N2O4S/c1-11-6-7-19-14(8-11)16(21)10-24-13-4-2-12(3-5-13)9-15-17(22)25-18(23)20-15/h2-8,15-16,21H,9-10H2,1H3,(H,20,23). The van der Waals surface area contributed by atoms with Crippen LogP contribution in [0, 0.1) is 6.92 Å². The number of benzene rings is 1. The SMILES string of the molecule is Cc1ccnc(C(O)COc2ccc(CC3NC(=O)SC3=O)cc2)c1. The maximum Gasteiger partial charge on any atom is 0.287 e. The van der Waals surface area contributed by atoms with Crippen LogP contribution in [0.4, 0.5) is 4.79 Å². The lowest BCUT2D eigenvalue weighted by Gasteiger charge is -2.13. The zero-order valence-electron chi connectivity index (χ0n) is 13.6. The summed E-state index contributed by atoms with van der Waals surface area (Å²) < 4.78 is 5.59. The van der Waals surface area contributed by atoms with Gasteiger partial charge in [0.2, 0.25) is 5.12 Å². The maximum absolute atomic E-state index is 11.6. The second-order valence-corrected chi connectivity index (χ2v) is 6.82. The molecule has 2 heterocycles. The molecular formula is C18H18N2O4S. The molecule has 0 saturated carbocycles. The van der Waals surface area contributed by atoms with Crippen LogP contribution in [0.3, 0.4) is 0 Å². The zero-order valence-corrected chi connectivity index (χ0v) is 14.5. The molecule has 1 aromatic heterocycles. The highest BCUT2D eigenvalue weighted by molar-refractivity contribution is 8.26. The van der Waals surface area contributed by atoms with Gasteiger partial charge in [0.25, 0.3) is 5.24 Å². The van der Waals surface area contributed by atoms with Gasteiger partial charge < -0.3 is 15.2 Å². The normalized spacial score (nSPS) is 18.1. The van der Waals surface area contributed by atoms with E-state index in [9.17, 15) is 14.7 Å². The van der Waals surface area contributed by atoms with Crippen molar-refractivity contribution in [2.45, 2.75) is 25.5 Å². The van der Waals surface area contributed by atoms with E-state index in [0.717, 1.165) is 11.1 Å². The Morgan fingerprint density at radius 2 is 2.04 bits per heavy atom. The summed E-state index contributed by atoms with van der Waals surface area (Å²) in [6.07, 6.45) is 1.31. The van der Waals surface area contributed by atoms with Crippen LogP contribution in [-0.2, 0) is 11.2 Å². The molecule has 1 aliphatic rings. The van der Waals surface area contributed by atoms with Gasteiger partial charge >= 0.3 is 0 Å². The zero-order chi connectivity index (χ0) is 17.8. The van der Waals surface area contributed by atoms with Gasteiger partial charge in [-0.15, -0.1) is 0 Å². The Bertz CT molecular complexity index is 779. The van der Waals surface area contributed by atoms with E-state index in [-0.39, 0.29) is 17.0 Å². The number of aliphatic hydroxyl groups excluding tert-OH is 1. The predicted octanol–water partition coefficient (Wildman–Crippen LogP) is 2.40. The van der Waals surface area contributed by atoms with Crippen LogP contribution in [0.25, 0.3) is 0 Å². The molecule has 0 aliphatic carbocycles. The van der Waals surface area contributed by atoms with Crippen molar-refractivity contribution in [3.8, 4) is 5.75 Å². The Morgan fingerprint density at radius 3 is 2.68 bits per heavy atom. The molecule has 0 radical (unpaired) electrons. The molecule has 130 valence electrons. The van der Waals surface area contributed by atoms with E-state index in [1.807, 2.05) is 31.2 Å². The first-order valence-corrected chi connectivity index (χ1v) is 8.67. The van der Waals surface area contributed by atoms with Crippen molar-refractivity contribution in [2.75, 3.05) is 6.61 Å². The third-order valence-corrected chi connectivity index (χ3v) is 4.61. The third kappa shape index (κ3) is 4.58. The van der Waals surface area contributed by atoms with Crippen molar-refractivity contribution in [3.05, 3.63) is 59.4 Å². The number of rotatable bonds is 6. The second-order valence-electron chi connectivity index (χ2n) is 5.84. The van der Waals surface area contributed by atoms with Gasteiger partial charge in [-0.3, -0.25) is 14.6 Å². The van der Waals surface area contributed by atoms with Gasteiger partial charge in [-0.05, 0) is 42.3 Å². The minimum Gasteiger partial charge on any atom is -0.490 e. The number of aliphatic hydroxyl groups is 1. The molecule has 0 bridgehead atoms. The number of carbonyl (C=O) groups is 2. The molecule has 1 aromatic carbocycles. The summed E-state index contributed by atoms with van der Waals surface area (Å²) in [6.45, 7) is 2.04. The van der Waals surface area contributed by atoms with E-state index in [1.54, 1.807) is 18.3 Å². The number of thioether (sulfide) groups is 1. The molecule has 2 N–H and O–H groups in total. The molecule has 6 nitrogen and oxygen atoms in total. The summed E-state index contributed by atoms with van der Waals surface area (Å²) in [5.74, 6) is 0.617. The van der Waals surface area contributed by atoms with E-state index >= 15 is 0 Å². The highest BCUT2D eigenvalue weighted by Crippen LogP contribution is 2.21. The molecule has 1 fully saturated rings. The van der Waals surface area contributed by atoms with Gasteiger partial charge in [0, 0.05) is 24.4 Å². The third-order valence-electron chi connectivity index (χ3n) is 3.82. The Morgan fingerprint density at radius 1 is 1.28 bits per heavy atom. The Labute approximate surface area is 149 Å². The summed E-state index contributed by atoms with van der Waals surface area (Å²) in [5, 5.41) is 12.3. The van der Waals surface area contributed by atoms with Crippen molar-refractivity contribution in [3.63, 3.8) is 0 Å². The molecule has 1 amide bonds. The van der Waals surface area contributed by atoms with E-state index < -0.39 is 12.1 Å². The molecule has 2 unspecified atom stereocenters. The number of aromatic nitrogens is 1. The van der Waals surface area contributed by atoms with Crippen LogP contribution in [-0.4, -0.2) is 33.1 Å². The number of aryl methyl sites for hydroxylation is 1. The first kappa shape index (κ1) is 17.4. The lowest BCUT2D eigenvalue weighted by atomic mass is 10.1. The highest BCUT2D eigenvalue weighted by atomic mass is 32.2. The van der Waals surface area contributed by atoms with E-state index in [0.29, 0.717) is 29.6 Å². The molecular weight excluding hydrogens is 340 g/mol. The van der Waals surface area contributed by atoms with Crippen molar-refractivity contribution in [2.24, 2.45) is 0 Å². The first-order valence-electron chi connectivity index (χ1n) is 7.86. The lowest BCUT2D eigenvalue weighted by Crippen LogP contribution is -2.30. The van der Waals surface area contributed by atoms with Crippen molar-refractivity contribution >= 4 is 22.1 Å². The Hall–Kier alpha value is -2.38. The van der Waals surface area contributed by atoms with Gasteiger partial charge in [-0.1, -0.05) is 12.1 Å². The van der Waals surface area contributed by atoms with Crippen LogP contribution in [0.15, 0.2) is 42.6 Å². The van der Waals surface area contributed by atoms with E-state index in [2.05, 4.69) is 10.3 Å². The van der Waals surface area contributed by atoms with Crippen LogP contribution in [0.5, 0.6) is 5.75 Å². The minimum atomic E-state index is -0.803. The predicted molar refractivity (Wildman–Crippen MR) is 94.5 cm³/mol. The van der Waals surface area contributed by atoms with Crippen molar-refractivity contribution in [1.29, 1.82) is 0 Å². The van der Waals surface area contributed by atoms with E-state index in [1.165, 1.54) is 0 Å². The summed E-state index contributed by atoms with van der Waals surface area (Å²) in [4.78, 5) is 26.9. The smallest absolute Gasteiger partial charge is 0.287 e. The lowest BCUT2D eigenvalue weighted by molar-refractivity contribution is -0.112. The van der Waals surface area contributed by atoms with Gasteiger partial charge in [0.15, 0.2) is 0 Å². The van der Waals surface area contributed by atoms with E-state index in [4.69, 9.17) is 4.74 Å². The number of pyridine rings is 1. The van der Waals surface area contributed by atoms with Crippen LogP contribution >= 0.6 is 11.8 Å². The molecule has 0 spiro atoms. The fraction of sp³-hybridized carbons (Fsp3) is 0.278. The fourth-order valence-corrected chi connectivity index (χ4v) is 3.16. The molecule has 2 aromatic rings. The van der Waals surface area contributed by atoms with Gasteiger partial charge in [0.05, 0.1) is 5.69 Å². The van der Waals surface area contributed by atoms with Gasteiger partial charge in [-0.25, -0.2) is 0 Å². The average Bonchev–Trinajstić information content (AvgIpc) is 2.91. The topological polar surface area (TPSA) is 88.5 Å². The minimum absolute atomic E-state index is 0.101. The molecule has 2 atom stereocenters. The van der Waals surface area contributed by atoms with Crippen molar-refractivity contribution in [1.82, 2.24) is 10.3 Å². The number of carbonyl (C=O) groups excluding carboxylic acids is 2. The summed E-state index contributed by atoms with van der Waals surface area (Å²) in [5.41, 5.74) is 2.53. The van der Waals surface area contributed by atoms with Crippen LogP contribution in [0.2, 0.25) is 0 Å². The first-order chi connectivity index (χ1) is 12.0. The largest absolute Gasteiger partial charge is 0.490 e. The number of nitrogens with zero attached hydrogens (tertiary/aromatic N) is 1. The van der Waals surface area contributed by atoms with Gasteiger partial charge in [0.1, 0.15) is 24.5 Å². The maximum atomic E-state index is 11.6. The van der Waals surface area contributed by atoms with Crippen LogP contribution in [0.1, 0.15) is 22.9 Å². The second kappa shape index (κ2) is 7.67. The van der Waals surface area contributed by atoms with Crippen molar-refractivity contribution < 1.29 is 19.4 Å². The Balaban J connectivity index is 1.54. The number of amides is 1.